The van der Waals surface area contributed by atoms with Gasteiger partial charge in [-0.25, -0.2) is 14.6 Å². The van der Waals surface area contributed by atoms with E-state index in [9.17, 15) is 24.3 Å². The maximum atomic E-state index is 14.4. The van der Waals surface area contributed by atoms with Crippen LogP contribution in [0, 0.1) is 24.2 Å². The number of alkyl carbamates (subject to hydrolysis) is 1. The average molecular weight is 896 g/mol. The van der Waals surface area contributed by atoms with Crippen molar-refractivity contribution in [3.63, 3.8) is 0 Å². The second kappa shape index (κ2) is 23.4. The van der Waals surface area contributed by atoms with Crippen molar-refractivity contribution in [2.75, 3.05) is 6.61 Å². The van der Waals surface area contributed by atoms with Crippen molar-refractivity contribution in [3.05, 3.63) is 45.5 Å². The highest BCUT2D eigenvalue weighted by Crippen LogP contribution is 2.38. The molecule has 0 saturated carbocycles. The van der Waals surface area contributed by atoms with Crippen LogP contribution in [-0.4, -0.2) is 76.7 Å². The molecule has 0 unspecified atom stereocenters. The topological polar surface area (TPSA) is 150 Å². The average Bonchev–Trinajstić information content (AvgIpc) is 3.51. The van der Waals surface area contributed by atoms with Crippen LogP contribution in [0.4, 0.5) is 9.59 Å². The molecule has 0 radical (unpaired) electrons. The second-order valence-electron chi connectivity index (χ2n) is 16.2. The number of amides is 1. The Hall–Kier alpha value is -2.42. The molecule has 1 amide bonds. The van der Waals surface area contributed by atoms with Crippen LogP contribution >= 0.6 is 46.1 Å². The third-order valence-electron chi connectivity index (χ3n) is 10.00. The summed E-state index contributed by atoms with van der Waals surface area (Å²) < 4.78 is 21.2. The molecule has 0 fully saturated rings. The van der Waals surface area contributed by atoms with Crippen molar-refractivity contribution in [2.24, 2.45) is 17.3 Å². The number of carboxylic acid groups (broad SMARTS) is 1. The van der Waals surface area contributed by atoms with E-state index in [1.807, 2.05) is 78.2 Å². The molecule has 324 valence electrons. The maximum Gasteiger partial charge on any atom is 0.508 e. The molecule has 1 aromatic rings. The molecule has 0 spiro atoms. The number of aryl methyl sites for hydroxylation is 1. The second-order valence-corrected chi connectivity index (χ2v) is 24.5. The van der Waals surface area contributed by atoms with Crippen molar-refractivity contribution in [1.82, 2.24) is 10.3 Å². The molecule has 0 bridgehead atoms. The first-order valence-corrected chi connectivity index (χ1v) is 24.0. The van der Waals surface area contributed by atoms with Gasteiger partial charge in [-0.3, -0.25) is 9.59 Å². The van der Waals surface area contributed by atoms with E-state index in [0.717, 1.165) is 40.0 Å². The van der Waals surface area contributed by atoms with Crippen LogP contribution in [0.15, 0.2) is 34.8 Å². The number of ether oxygens (including phenoxy) is 3. The monoisotopic (exact) mass is 894 g/mol. The Morgan fingerprint density at radius 2 is 1.60 bits per heavy atom. The maximum absolute atomic E-state index is 14.4. The van der Waals surface area contributed by atoms with Crippen LogP contribution in [0.5, 0.6) is 0 Å². The summed E-state index contributed by atoms with van der Waals surface area (Å²) in [5.74, 6) is -2.69. The van der Waals surface area contributed by atoms with Gasteiger partial charge in [0.1, 0.15) is 24.1 Å². The number of ketones is 1. The molecule has 0 saturated heterocycles. The first-order chi connectivity index (χ1) is 26.2. The van der Waals surface area contributed by atoms with Gasteiger partial charge in [0.2, 0.25) is 3.79 Å². The third-order valence-corrected chi connectivity index (χ3v) is 15.8. The summed E-state index contributed by atoms with van der Waals surface area (Å²) >= 11 is 18.9. The normalized spacial score (nSPS) is 16.1. The van der Waals surface area contributed by atoms with Gasteiger partial charge in [-0.15, -0.1) is 11.3 Å². The number of aromatic nitrogens is 1. The number of thiazole rings is 1. The van der Waals surface area contributed by atoms with Crippen molar-refractivity contribution in [1.29, 1.82) is 0 Å². The van der Waals surface area contributed by atoms with Gasteiger partial charge >= 0.3 is 18.2 Å². The number of Topliss-reactive ketones (excluding diaryl/α,β-unsaturated/α-hetero) is 1. The Morgan fingerprint density at radius 1 is 1.00 bits per heavy atom. The number of aliphatic carboxylic acids is 1. The highest BCUT2D eigenvalue weighted by atomic mass is 35.6. The third kappa shape index (κ3) is 19.0. The number of carbonyl (C=O) groups excluding carboxylic acids is 3. The molecule has 57 heavy (non-hydrogen) atoms. The number of carboxylic acids is 1. The van der Waals surface area contributed by atoms with Gasteiger partial charge in [-0.1, -0.05) is 107 Å². The van der Waals surface area contributed by atoms with Crippen LogP contribution in [0.25, 0.3) is 6.08 Å². The fourth-order valence-corrected chi connectivity index (χ4v) is 10.1. The molecule has 1 aromatic heterocycles. The zero-order valence-electron chi connectivity index (χ0n) is 35.9. The summed E-state index contributed by atoms with van der Waals surface area (Å²) in [6.07, 6.45) is 4.76. The van der Waals surface area contributed by atoms with E-state index < -0.39 is 72.0 Å². The van der Waals surface area contributed by atoms with Crippen molar-refractivity contribution in [3.8, 4) is 0 Å². The number of rotatable bonds is 22. The molecule has 16 heteroatoms. The Balaban J connectivity index is 3.39. The summed E-state index contributed by atoms with van der Waals surface area (Å²) in [7, 11) is -2.33. The molecule has 0 aliphatic rings. The molecule has 0 aromatic carbocycles. The lowest BCUT2D eigenvalue weighted by Gasteiger charge is -2.42. The van der Waals surface area contributed by atoms with Crippen LogP contribution in [0.1, 0.15) is 113 Å². The summed E-state index contributed by atoms with van der Waals surface area (Å²) in [6.45, 7) is 23.6. The summed E-state index contributed by atoms with van der Waals surface area (Å²) in [5.41, 5.74) is 0.710. The molecule has 2 N–H and O–H groups in total. The Kier molecular flexibility index (Phi) is 21.6. The number of nitrogens with zero attached hydrogens (tertiary/aromatic N) is 1. The highest BCUT2D eigenvalue weighted by Gasteiger charge is 2.47. The van der Waals surface area contributed by atoms with Crippen molar-refractivity contribution < 1.29 is 42.9 Å². The SMILES string of the molecule is CC[Si](CC)(CC)O[C@@H](CC(=O)O)C(C)(C)C(=O)[C@H](C)[C@@H](OC(=O)OCC(Cl)(Cl)Cl)[C@@H](C)CC=C/C(C)=C\C[C@H](NC(=O)OC(C)(C)C)/C(C)=C/c1csc(C)n1. The molecule has 1 rings (SSSR count). The van der Waals surface area contributed by atoms with Crippen LogP contribution in [-0.2, 0) is 28.2 Å². The number of hydrogen-bond acceptors (Lipinski definition) is 10. The molecule has 0 aliphatic carbocycles. The van der Waals surface area contributed by atoms with Crippen LogP contribution in [0.3, 0.4) is 0 Å². The quantitative estimate of drug-likeness (QED) is 0.0498. The number of alkyl halides is 3. The Bertz CT molecular complexity index is 1570. The fourth-order valence-electron chi connectivity index (χ4n) is 6.36. The molecular weight excluding hydrogens is 831 g/mol. The van der Waals surface area contributed by atoms with Crippen LogP contribution < -0.4 is 5.32 Å². The summed E-state index contributed by atoms with van der Waals surface area (Å²) in [5, 5.41) is 15.7. The van der Waals surface area contributed by atoms with E-state index in [4.69, 9.17) is 53.4 Å². The largest absolute Gasteiger partial charge is 0.508 e. The van der Waals surface area contributed by atoms with E-state index >= 15 is 0 Å². The minimum Gasteiger partial charge on any atom is -0.481 e. The molecule has 1 heterocycles. The number of allylic oxidation sites excluding steroid dienone is 3. The molecule has 11 nitrogen and oxygen atoms in total. The number of nitrogens with one attached hydrogen (secondary N) is 1. The minimum atomic E-state index is -2.33. The van der Waals surface area contributed by atoms with Gasteiger partial charge in [-0.2, -0.15) is 0 Å². The number of hydrogen-bond donors (Lipinski definition) is 2. The molecule has 5 atom stereocenters. The number of halogens is 3. The molecular formula is C41H65Cl3N2O9SSi. The van der Waals surface area contributed by atoms with Gasteiger partial charge in [0.25, 0.3) is 0 Å². The smallest absolute Gasteiger partial charge is 0.481 e. The zero-order valence-corrected chi connectivity index (χ0v) is 40.0. The first kappa shape index (κ1) is 52.6. The minimum absolute atomic E-state index is 0.314. The van der Waals surface area contributed by atoms with E-state index in [1.54, 1.807) is 52.9 Å². The zero-order chi connectivity index (χ0) is 43.9. The fraction of sp³-hybridized carbons (Fsp3) is 0.683. The van der Waals surface area contributed by atoms with Gasteiger partial charge in [-0.05, 0) is 90.1 Å². The number of carbonyl (C=O) groups is 4. The van der Waals surface area contributed by atoms with E-state index in [1.165, 1.54) is 0 Å². The van der Waals surface area contributed by atoms with Crippen molar-refractivity contribution >= 4 is 84.5 Å². The first-order valence-electron chi connectivity index (χ1n) is 19.5. The lowest BCUT2D eigenvalue weighted by molar-refractivity contribution is -0.147. The Morgan fingerprint density at radius 3 is 2.09 bits per heavy atom. The van der Waals surface area contributed by atoms with Crippen molar-refractivity contribution in [2.45, 2.75) is 155 Å². The van der Waals surface area contributed by atoms with E-state index in [2.05, 4.69) is 10.3 Å². The van der Waals surface area contributed by atoms with Gasteiger partial charge < -0.3 is 29.1 Å². The lowest BCUT2D eigenvalue weighted by atomic mass is 9.73. The van der Waals surface area contributed by atoms with Gasteiger partial charge in [0, 0.05) is 10.8 Å². The Labute approximate surface area is 360 Å². The summed E-state index contributed by atoms with van der Waals surface area (Å²) in [4.78, 5) is 56.7. The molecule has 0 aliphatic heterocycles. The predicted molar refractivity (Wildman–Crippen MR) is 234 cm³/mol. The van der Waals surface area contributed by atoms with E-state index in [0.29, 0.717) is 12.8 Å². The highest BCUT2D eigenvalue weighted by molar-refractivity contribution is 7.09. The predicted octanol–water partition coefficient (Wildman–Crippen LogP) is 11.7. The standard InChI is InChI=1S/C41H65Cl3N2O9SSi/c1-14-57(15-2,16-3)55-33(23-34(47)48)40(12,13)36(49)29(7)35(53-38(51)52-25-41(42,43)44)27(5)19-17-18-26(4)20-21-32(46-37(50)54-39(9,10)11)28(6)22-31-24-56-30(8)45-31/h17-18,20,22,24,27,29,32-33,35H,14-16,19,21,23,25H2,1-13H3,(H,46,50)(H,47,48)/b18-17?,26-20-,28-22+/t27-,29+,32-,33-,35-/m0/s1. The summed E-state index contributed by atoms with van der Waals surface area (Å²) in [6, 6.07) is 1.96. The van der Waals surface area contributed by atoms with Crippen LogP contribution in [0.2, 0.25) is 18.1 Å². The van der Waals surface area contributed by atoms with E-state index in [-0.39, 0.29) is 18.2 Å². The van der Waals surface area contributed by atoms with Gasteiger partial charge in [0.05, 0.1) is 35.2 Å². The lowest BCUT2D eigenvalue weighted by Crippen LogP contribution is -2.51. The van der Waals surface area contributed by atoms with Gasteiger partial charge in [0.15, 0.2) is 8.32 Å².